The topological polar surface area (TPSA) is 24.4 Å². The quantitative estimate of drug-likeness (QED) is 0.488. The van der Waals surface area contributed by atoms with E-state index in [0.717, 1.165) is 17.2 Å². The summed E-state index contributed by atoms with van der Waals surface area (Å²) in [6, 6.07) is 19.9. The number of aliphatic imine (C=N–C) groups is 1. The molecule has 0 saturated heterocycles. The Bertz CT molecular complexity index is 481. The Labute approximate surface area is 123 Å². The van der Waals surface area contributed by atoms with Crippen LogP contribution in [0, 0.1) is 0 Å². The van der Waals surface area contributed by atoms with Gasteiger partial charge in [-0.25, -0.2) is 4.99 Å². The van der Waals surface area contributed by atoms with E-state index in [-0.39, 0.29) is 0 Å². The molecule has 0 aliphatic carbocycles. The van der Waals surface area contributed by atoms with Crippen molar-refractivity contribution in [2.45, 2.75) is 17.9 Å². The number of nitrogens with zero attached hydrogens (tertiary/aromatic N) is 1. The van der Waals surface area contributed by atoms with E-state index in [1.807, 2.05) is 67.6 Å². The van der Waals surface area contributed by atoms with Crippen LogP contribution in [0.15, 0.2) is 65.7 Å². The third-order valence-corrected chi connectivity index (χ3v) is 2.15. The van der Waals surface area contributed by atoms with Crippen LogP contribution in [0.4, 0.5) is 11.4 Å². The number of anilines is 1. The first kappa shape index (κ1) is 15.6. The third kappa shape index (κ3) is 6.89. The molecule has 0 bridgehead atoms. The van der Waals surface area contributed by atoms with Crippen LogP contribution in [0.5, 0.6) is 0 Å². The first-order valence-corrected chi connectivity index (χ1v) is 11.3. The van der Waals surface area contributed by atoms with Gasteiger partial charge in [0.15, 0.2) is 0 Å². The monoisotopic (exact) mass is 309 g/mol. The molecule has 0 aliphatic rings. The van der Waals surface area contributed by atoms with Gasteiger partial charge < -0.3 is 5.32 Å². The second kappa shape index (κ2) is 9.47. The second-order valence-electron chi connectivity index (χ2n) is 4.10. The predicted molar refractivity (Wildman–Crippen MR) is 86.8 cm³/mol. The molecule has 0 fully saturated rings. The Morgan fingerprint density at radius 3 is 1.89 bits per heavy atom. The van der Waals surface area contributed by atoms with Crippen molar-refractivity contribution >= 4 is 34.6 Å². The molecule has 2 nitrogen and oxygen atoms in total. The maximum atomic E-state index is 4.46. The summed E-state index contributed by atoms with van der Waals surface area (Å²) in [7, 11) is 0. The van der Waals surface area contributed by atoms with Gasteiger partial charge in [-0.05, 0) is 31.2 Å². The van der Waals surface area contributed by atoms with Gasteiger partial charge in [-0.2, -0.15) is 0 Å². The SMILES string of the molecule is CC(=Nc1ccccc1)Nc1ccccc1.[CH3][Ga][CH3]. The summed E-state index contributed by atoms with van der Waals surface area (Å²) >= 11 is 0.312. The zero-order valence-corrected chi connectivity index (χ0v) is 14.2. The summed E-state index contributed by atoms with van der Waals surface area (Å²) in [6.45, 7) is 1.96. The molecule has 1 radical (unpaired) electrons. The van der Waals surface area contributed by atoms with Crippen LogP contribution >= 0.6 is 0 Å². The van der Waals surface area contributed by atoms with Gasteiger partial charge in [-0.15, -0.1) is 0 Å². The first-order valence-electron chi connectivity index (χ1n) is 6.42. The standard InChI is InChI=1S/C14H14N2.2CH3.Ga/c1-12(15-13-8-4-2-5-9-13)16-14-10-6-3-7-11-14;;;/h2-11H,1H3,(H,15,16);2*1H3;. The molecular weight excluding hydrogens is 290 g/mol. The fourth-order valence-electron chi connectivity index (χ4n) is 1.45. The van der Waals surface area contributed by atoms with Gasteiger partial charge in [0.2, 0.25) is 0 Å². The average molecular weight is 310 g/mol. The van der Waals surface area contributed by atoms with Crippen molar-refractivity contribution in [2.24, 2.45) is 4.99 Å². The van der Waals surface area contributed by atoms with Gasteiger partial charge in [0.05, 0.1) is 5.69 Å². The van der Waals surface area contributed by atoms with Crippen LogP contribution < -0.4 is 5.32 Å². The summed E-state index contributed by atoms with van der Waals surface area (Å²) in [4.78, 5) is 4.46. The van der Waals surface area contributed by atoms with E-state index >= 15 is 0 Å². The van der Waals surface area contributed by atoms with E-state index < -0.39 is 0 Å². The van der Waals surface area contributed by atoms with Crippen LogP contribution in [0.2, 0.25) is 11.0 Å². The molecule has 1 N–H and O–H groups in total. The molecule has 0 amide bonds. The molecule has 3 heteroatoms. The van der Waals surface area contributed by atoms with Gasteiger partial charge in [0.1, 0.15) is 5.84 Å². The van der Waals surface area contributed by atoms with E-state index in [4.69, 9.17) is 0 Å². The Morgan fingerprint density at radius 2 is 1.37 bits per heavy atom. The Hall–Kier alpha value is -1.45. The molecule has 0 saturated carbocycles. The van der Waals surface area contributed by atoms with E-state index in [0.29, 0.717) is 17.4 Å². The summed E-state index contributed by atoms with van der Waals surface area (Å²) in [5, 5.41) is 3.24. The minimum atomic E-state index is 0.312. The number of benzene rings is 2. The number of hydrogen-bond acceptors (Lipinski definition) is 1. The first-order chi connectivity index (χ1) is 9.26. The molecule has 2 aromatic carbocycles. The summed E-state index contributed by atoms with van der Waals surface area (Å²) in [6.07, 6.45) is 0. The van der Waals surface area contributed by atoms with Crippen molar-refractivity contribution in [1.29, 1.82) is 0 Å². The van der Waals surface area contributed by atoms with E-state index in [1.165, 1.54) is 0 Å². The molecule has 0 spiro atoms. The number of amidine groups is 1. The van der Waals surface area contributed by atoms with Crippen LogP contribution in [0.1, 0.15) is 6.92 Å². The van der Waals surface area contributed by atoms with Crippen molar-refractivity contribution in [2.75, 3.05) is 5.32 Å². The van der Waals surface area contributed by atoms with Crippen molar-refractivity contribution in [3.05, 3.63) is 60.7 Å². The van der Waals surface area contributed by atoms with Crippen LogP contribution in [0.25, 0.3) is 0 Å². The van der Waals surface area contributed by atoms with E-state index in [1.54, 1.807) is 0 Å². The molecule has 0 heterocycles. The van der Waals surface area contributed by atoms with Crippen molar-refractivity contribution < 1.29 is 0 Å². The zero-order valence-electron chi connectivity index (χ0n) is 11.8. The second-order valence-corrected chi connectivity index (χ2v) is 6.52. The van der Waals surface area contributed by atoms with Crippen molar-refractivity contribution in [3.8, 4) is 0 Å². The van der Waals surface area contributed by atoms with E-state index in [2.05, 4.69) is 21.3 Å². The van der Waals surface area contributed by atoms with Crippen molar-refractivity contribution in [1.82, 2.24) is 0 Å². The van der Waals surface area contributed by atoms with Crippen LogP contribution in [0.3, 0.4) is 0 Å². The molecule has 0 unspecified atom stereocenters. The number of rotatable bonds is 2. The summed E-state index contributed by atoms with van der Waals surface area (Å²) in [5.74, 6) is 0.886. The molecule has 0 aromatic heterocycles. The fourth-order valence-corrected chi connectivity index (χ4v) is 1.45. The van der Waals surface area contributed by atoms with Gasteiger partial charge >= 0.3 is 28.4 Å². The number of para-hydroxylation sites is 2. The Balaban J connectivity index is 0.000000550. The van der Waals surface area contributed by atoms with Crippen LogP contribution in [-0.4, -0.2) is 23.2 Å². The van der Waals surface area contributed by atoms with Gasteiger partial charge in [0, 0.05) is 5.69 Å². The third-order valence-electron chi connectivity index (χ3n) is 2.15. The zero-order chi connectivity index (χ0) is 13.9. The maximum absolute atomic E-state index is 4.46. The summed E-state index contributed by atoms with van der Waals surface area (Å²) in [5.41, 5.74) is 6.58. The number of nitrogens with one attached hydrogen (secondary N) is 1. The molecule has 0 aliphatic heterocycles. The van der Waals surface area contributed by atoms with Gasteiger partial charge in [-0.3, -0.25) is 0 Å². The number of hydrogen-bond donors (Lipinski definition) is 1. The molecule has 97 valence electrons. The summed E-state index contributed by atoms with van der Waals surface area (Å²) < 4.78 is 0. The predicted octanol–water partition coefficient (Wildman–Crippen LogP) is 4.64. The Kier molecular flexibility index (Phi) is 7.78. The molecule has 0 atom stereocenters. The Morgan fingerprint density at radius 1 is 0.895 bits per heavy atom. The average Bonchev–Trinajstić information content (AvgIpc) is 2.41. The molecular formula is C16H20GaN2. The minimum absolute atomic E-state index is 0.312. The molecule has 2 rings (SSSR count). The van der Waals surface area contributed by atoms with E-state index in [9.17, 15) is 0 Å². The normalized spacial score (nSPS) is 10.2. The van der Waals surface area contributed by atoms with Gasteiger partial charge in [-0.1, -0.05) is 36.4 Å². The van der Waals surface area contributed by atoms with Crippen LogP contribution in [-0.2, 0) is 0 Å². The fraction of sp³-hybridized carbons (Fsp3) is 0.188. The molecule has 19 heavy (non-hydrogen) atoms. The molecule has 2 aromatic rings. The van der Waals surface area contributed by atoms with Crippen molar-refractivity contribution in [3.63, 3.8) is 0 Å². The van der Waals surface area contributed by atoms with Gasteiger partial charge in [0.25, 0.3) is 0 Å².